The average Bonchev–Trinajstić information content (AvgIpc) is 2.97. The van der Waals surface area contributed by atoms with Gasteiger partial charge in [0.25, 0.3) is 5.91 Å². The van der Waals surface area contributed by atoms with Gasteiger partial charge in [-0.15, -0.1) is 0 Å². The summed E-state index contributed by atoms with van der Waals surface area (Å²) < 4.78 is 5.39. The second-order valence-corrected chi connectivity index (χ2v) is 8.79. The van der Waals surface area contributed by atoms with Gasteiger partial charge in [0, 0.05) is 65.8 Å². The van der Waals surface area contributed by atoms with Crippen LogP contribution in [0.3, 0.4) is 0 Å². The second kappa shape index (κ2) is 11.5. The predicted molar refractivity (Wildman–Crippen MR) is 145 cm³/mol. The first-order chi connectivity index (χ1) is 18.2. The van der Waals surface area contributed by atoms with E-state index in [9.17, 15) is 9.59 Å². The predicted octanol–water partition coefficient (Wildman–Crippen LogP) is 5.01. The van der Waals surface area contributed by atoms with Crippen LogP contribution >= 0.6 is 0 Å². The number of pyridine rings is 1. The van der Waals surface area contributed by atoms with Crippen molar-refractivity contribution in [3.8, 4) is 0 Å². The van der Waals surface area contributed by atoms with Crippen LogP contribution in [0.25, 0.3) is 0 Å². The number of hydrogen-bond acceptors (Lipinski definition) is 6. The minimum absolute atomic E-state index is 0.0720. The second-order valence-electron chi connectivity index (χ2n) is 8.79. The number of nitrogens with zero attached hydrogens (tertiary/aromatic N) is 2. The fourth-order valence-electron chi connectivity index (χ4n) is 4.16. The molecular formula is C30H28N4O3. The molecule has 1 aliphatic rings. The van der Waals surface area contributed by atoms with E-state index in [4.69, 9.17) is 4.74 Å². The zero-order chi connectivity index (χ0) is 25.5. The van der Waals surface area contributed by atoms with E-state index in [0.717, 1.165) is 43.2 Å². The molecule has 5 rings (SSSR count). The summed E-state index contributed by atoms with van der Waals surface area (Å²) in [7, 11) is 0. The van der Waals surface area contributed by atoms with Crippen molar-refractivity contribution < 1.29 is 14.3 Å². The quantitative estimate of drug-likeness (QED) is 0.336. The first-order valence-electron chi connectivity index (χ1n) is 12.3. The van der Waals surface area contributed by atoms with Gasteiger partial charge < -0.3 is 20.3 Å². The maximum atomic E-state index is 12.9. The molecule has 7 nitrogen and oxygen atoms in total. The van der Waals surface area contributed by atoms with Crippen molar-refractivity contribution in [3.63, 3.8) is 0 Å². The molecule has 0 atom stereocenters. The van der Waals surface area contributed by atoms with Crippen molar-refractivity contribution in [3.05, 3.63) is 120 Å². The molecule has 1 aromatic heterocycles. The molecule has 0 bridgehead atoms. The number of anilines is 3. The lowest BCUT2D eigenvalue weighted by molar-refractivity contribution is 0.102. The number of aromatic nitrogens is 1. The lowest BCUT2D eigenvalue weighted by Crippen LogP contribution is -2.36. The number of amides is 1. The third-order valence-electron chi connectivity index (χ3n) is 6.30. The monoisotopic (exact) mass is 492 g/mol. The van der Waals surface area contributed by atoms with E-state index >= 15 is 0 Å². The molecule has 1 fully saturated rings. The Labute approximate surface area is 216 Å². The van der Waals surface area contributed by atoms with Gasteiger partial charge in [0.2, 0.25) is 0 Å². The van der Waals surface area contributed by atoms with Crippen LogP contribution in [0, 0.1) is 0 Å². The molecule has 0 aliphatic carbocycles. The minimum atomic E-state index is -0.192. The summed E-state index contributed by atoms with van der Waals surface area (Å²) in [6.45, 7) is 3.82. The molecule has 4 aromatic rings. The van der Waals surface area contributed by atoms with Crippen LogP contribution in [0.15, 0.2) is 97.3 Å². The van der Waals surface area contributed by atoms with E-state index in [0.29, 0.717) is 28.9 Å². The number of benzene rings is 3. The highest BCUT2D eigenvalue weighted by molar-refractivity contribution is 6.09. The molecule has 2 heterocycles. The van der Waals surface area contributed by atoms with E-state index in [1.165, 1.54) is 0 Å². The average molecular weight is 493 g/mol. The first kappa shape index (κ1) is 24.2. The summed E-state index contributed by atoms with van der Waals surface area (Å²) in [6, 6.07) is 25.9. The molecule has 7 heteroatoms. The Morgan fingerprint density at radius 2 is 1.30 bits per heavy atom. The topological polar surface area (TPSA) is 83.6 Å². The number of morpholine rings is 1. The standard InChI is InChI=1S/C30H28N4O3/c35-29(23-1-7-26(8-2-23)32-21-22-13-15-31-16-14-22)24-3-9-27(10-4-24)33-30(36)25-5-11-28(12-6-25)34-17-19-37-20-18-34/h1-16,32H,17-21H2,(H,33,36). The van der Waals surface area contributed by atoms with Crippen LogP contribution < -0.4 is 15.5 Å². The van der Waals surface area contributed by atoms with Gasteiger partial charge in [-0.1, -0.05) is 0 Å². The zero-order valence-corrected chi connectivity index (χ0v) is 20.4. The molecule has 0 spiro atoms. The summed E-state index contributed by atoms with van der Waals surface area (Å²) in [5.41, 5.74) is 5.53. The van der Waals surface area contributed by atoms with Crippen molar-refractivity contribution in [2.75, 3.05) is 41.8 Å². The Kier molecular flexibility index (Phi) is 7.52. The third-order valence-corrected chi connectivity index (χ3v) is 6.30. The summed E-state index contributed by atoms with van der Waals surface area (Å²) >= 11 is 0. The lowest BCUT2D eigenvalue weighted by atomic mass is 10.0. The molecule has 2 N–H and O–H groups in total. The Balaban J connectivity index is 1.16. The van der Waals surface area contributed by atoms with Crippen molar-refractivity contribution in [2.45, 2.75) is 6.54 Å². The van der Waals surface area contributed by atoms with Crippen LogP contribution in [-0.4, -0.2) is 43.0 Å². The summed E-state index contributed by atoms with van der Waals surface area (Å²) in [4.78, 5) is 31.9. The number of carbonyl (C=O) groups excluding carboxylic acids is 2. The first-order valence-corrected chi connectivity index (χ1v) is 12.3. The number of nitrogens with one attached hydrogen (secondary N) is 2. The largest absolute Gasteiger partial charge is 0.381 e. The Morgan fingerprint density at radius 1 is 0.730 bits per heavy atom. The molecule has 1 aliphatic heterocycles. The number of rotatable bonds is 8. The van der Waals surface area contributed by atoms with Gasteiger partial charge in [-0.3, -0.25) is 14.6 Å². The minimum Gasteiger partial charge on any atom is -0.381 e. The van der Waals surface area contributed by atoms with Crippen LogP contribution in [0.5, 0.6) is 0 Å². The van der Waals surface area contributed by atoms with Crippen LogP contribution in [0.4, 0.5) is 17.1 Å². The van der Waals surface area contributed by atoms with E-state index in [2.05, 4.69) is 20.5 Å². The maximum absolute atomic E-state index is 12.9. The fourth-order valence-corrected chi connectivity index (χ4v) is 4.16. The van der Waals surface area contributed by atoms with Crippen molar-refractivity contribution >= 4 is 28.8 Å². The molecular weight excluding hydrogens is 464 g/mol. The molecule has 186 valence electrons. The number of ether oxygens (including phenoxy) is 1. The van der Waals surface area contributed by atoms with E-state index in [-0.39, 0.29) is 11.7 Å². The fraction of sp³-hybridized carbons (Fsp3) is 0.167. The zero-order valence-electron chi connectivity index (χ0n) is 20.4. The van der Waals surface area contributed by atoms with Crippen molar-refractivity contribution in [1.82, 2.24) is 4.98 Å². The van der Waals surface area contributed by atoms with Gasteiger partial charge in [-0.2, -0.15) is 0 Å². The molecule has 0 unspecified atom stereocenters. The van der Waals surface area contributed by atoms with Gasteiger partial charge >= 0.3 is 0 Å². The van der Waals surface area contributed by atoms with Gasteiger partial charge in [0.05, 0.1) is 13.2 Å². The molecule has 1 amide bonds. The van der Waals surface area contributed by atoms with Gasteiger partial charge in [-0.05, 0) is 90.5 Å². The normalized spacial score (nSPS) is 13.1. The number of ketones is 1. The van der Waals surface area contributed by atoms with E-state index < -0.39 is 0 Å². The number of carbonyl (C=O) groups is 2. The molecule has 3 aromatic carbocycles. The summed E-state index contributed by atoms with van der Waals surface area (Å²) in [5.74, 6) is -0.264. The van der Waals surface area contributed by atoms with E-state index in [1.807, 2.05) is 60.7 Å². The van der Waals surface area contributed by atoms with Crippen LogP contribution in [0.2, 0.25) is 0 Å². The Hall–Kier alpha value is -4.49. The highest BCUT2D eigenvalue weighted by Crippen LogP contribution is 2.19. The number of hydrogen-bond donors (Lipinski definition) is 2. The van der Waals surface area contributed by atoms with Crippen molar-refractivity contribution in [2.24, 2.45) is 0 Å². The van der Waals surface area contributed by atoms with Gasteiger partial charge in [0.1, 0.15) is 0 Å². The molecule has 0 saturated carbocycles. The Morgan fingerprint density at radius 3 is 1.92 bits per heavy atom. The third kappa shape index (κ3) is 6.20. The van der Waals surface area contributed by atoms with Crippen LogP contribution in [-0.2, 0) is 11.3 Å². The van der Waals surface area contributed by atoms with E-state index in [1.54, 1.807) is 36.7 Å². The van der Waals surface area contributed by atoms with Gasteiger partial charge in [-0.25, -0.2) is 0 Å². The molecule has 1 saturated heterocycles. The van der Waals surface area contributed by atoms with Crippen molar-refractivity contribution in [1.29, 1.82) is 0 Å². The molecule has 37 heavy (non-hydrogen) atoms. The summed E-state index contributed by atoms with van der Waals surface area (Å²) in [5, 5.41) is 6.24. The van der Waals surface area contributed by atoms with Crippen LogP contribution in [0.1, 0.15) is 31.8 Å². The van der Waals surface area contributed by atoms with Gasteiger partial charge in [0.15, 0.2) is 5.78 Å². The molecule has 0 radical (unpaired) electrons. The maximum Gasteiger partial charge on any atom is 0.255 e. The Bertz CT molecular complexity index is 1330. The SMILES string of the molecule is O=C(Nc1ccc(C(=O)c2ccc(NCc3ccncc3)cc2)cc1)c1ccc(N2CCOCC2)cc1. The highest BCUT2D eigenvalue weighted by Gasteiger charge is 2.13. The lowest BCUT2D eigenvalue weighted by Gasteiger charge is -2.28. The summed E-state index contributed by atoms with van der Waals surface area (Å²) in [6.07, 6.45) is 3.53. The smallest absolute Gasteiger partial charge is 0.255 e. The highest BCUT2D eigenvalue weighted by atomic mass is 16.5.